The van der Waals surface area contributed by atoms with Gasteiger partial charge in [-0.15, -0.1) is 0 Å². The second kappa shape index (κ2) is 9.50. The molecule has 0 saturated heterocycles. The van der Waals surface area contributed by atoms with Gasteiger partial charge in [0.25, 0.3) is 5.91 Å². The van der Waals surface area contributed by atoms with Crippen LogP contribution in [0.15, 0.2) is 30.3 Å². The smallest absolute Gasteiger partial charge is 0.274 e. The first-order valence-corrected chi connectivity index (χ1v) is 8.76. The Morgan fingerprint density at radius 2 is 1.77 bits per heavy atom. The van der Waals surface area contributed by atoms with Gasteiger partial charge < -0.3 is 16.0 Å². The third kappa shape index (κ3) is 6.16. The first-order chi connectivity index (χ1) is 12.5. The molecule has 7 nitrogen and oxygen atoms in total. The average molecular weight is 355 g/mol. The maximum absolute atomic E-state index is 12.5. The van der Waals surface area contributed by atoms with Crippen LogP contribution < -0.4 is 16.0 Å². The number of aryl methyl sites for hydroxylation is 1. The molecule has 2 rings (SSSR count). The normalized spacial score (nSPS) is 10.3. The van der Waals surface area contributed by atoms with E-state index in [4.69, 9.17) is 0 Å². The fourth-order valence-electron chi connectivity index (χ4n) is 2.41. The summed E-state index contributed by atoms with van der Waals surface area (Å²) in [5.41, 5.74) is 2.21. The number of unbranched alkanes of at least 4 members (excludes halogenated alkanes) is 2. The summed E-state index contributed by atoms with van der Waals surface area (Å²) in [4.78, 5) is 32.3. The van der Waals surface area contributed by atoms with Crippen LogP contribution in [0.2, 0.25) is 0 Å². The van der Waals surface area contributed by atoms with Crippen molar-refractivity contribution in [3.05, 3.63) is 41.7 Å². The first-order valence-electron chi connectivity index (χ1n) is 8.76. The molecule has 1 heterocycles. The van der Waals surface area contributed by atoms with Crippen LogP contribution >= 0.6 is 0 Å². The molecule has 0 aliphatic carbocycles. The number of hydrogen-bond acceptors (Lipinski definition) is 5. The number of nitrogens with one attached hydrogen (secondary N) is 3. The number of carbonyl (C=O) groups excluding carboxylic acids is 2. The molecule has 1 aromatic heterocycles. The largest absolute Gasteiger partial charge is 0.354 e. The van der Waals surface area contributed by atoms with Crippen LogP contribution in [0.3, 0.4) is 0 Å². The van der Waals surface area contributed by atoms with Gasteiger partial charge in [-0.25, -0.2) is 9.97 Å². The van der Waals surface area contributed by atoms with Gasteiger partial charge in [0, 0.05) is 30.5 Å². The zero-order valence-electron chi connectivity index (χ0n) is 15.4. The molecule has 0 saturated carbocycles. The summed E-state index contributed by atoms with van der Waals surface area (Å²) in [5, 5.41) is 8.64. The van der Waals surface area contributed by atoms with E-state index in [-0.39, 0.29) is 11.8 Å². The van der Waals surface area contributed by atoms with Crippen LogP contribution in [0, 0.1) is 6.92 Å². The molecule has 0 fully saturated rings. The van der Waals surface area contributed by atoms with Crippen LogP contribution in [-0.2, 0) is 4.79 Å². The molecule has 0 aliphatic heterocycles. The van der Waals surface area contributed by atoms with E-state index < -0.39 is 0 Å². The predicted molar refractivity (Wildman–Crippen MR) is 103 cm³/mol. The summed E-state index contributed by atoms with van der Waals surface area (Å²) in [6.07, 6.45) is 3.31. The maximum Gasteiger partial charge on any atom is 0.274 e. The molecular weight excluding hydrogens is 330 g/mol. The molecule has 7 heteroatoms. The quantitative estimate of drug-likeness (QED) is 0.629. The van der Waals surface area contributed by atoms with Crippen LogP contribution in [0.25, 0.3) is 0 Å². The van der Waals surface area contributed by atoms with E-state index in [1.807, 2.05) is 6.92 Å². The Balaban J connectivity index is 2.07. The Morgan fingerprint density at radius 1 is 1.04 bits per heavy atom. The Morgan fingerprint density at radius 3 is 2.46 bits per heavy atom. The monoisotopic (exact) mass is 355 g/mol. The lowest BCUT2D eigenvalue weighted by atomic mass is 10.2. The topological polar surface area (TPSA) is 96.0 Å². The molecule has 0 radical (unpaired) electrons. The van der Waals surface area contributed by atoms with Crippen LogP contribution in [0.4, 0.5) is 17.3 Å². The fourth-order valence-corrected chi connectivity index (χ4v) is 2.41. The molecule has 0 atom stereocenters. The number of amides is 2. The van der Waals surface area contributed by atoms with Crippen LogP contribution in [-0.4, -0.2) is 28.3 Å². The summed E-state index contributed by atoms with van der Waals surface area (Å²) in [5.74, 6) is -0.0379. The number of rotatable bonds is 8. The van der Waals surface area contributed by atoms with Crippen molar-refractivity contribution in [2.75, 3.05) is 22.5 Å². The van der Waals surface area contributed by atoms with E-state index in [9.17, 15) is 9.59 Å². The predicted octanol–water partition coefficient (Wildman–Crippen LogP) is 3.60. The minimum atomic E-state index is -0.327. The van der Waals surface area contributed by atoms with Crippen molar-refractivity contribution in [1.82, 2.24) is 9.97 Å². The van der Waals surface area contributed by atoms with Gasteiger partial charge in [-0.05, 0) is 37.6 Å². The molecule has 1 aromatic carbocycles. The Kier molecular flexibility index (Phi) is 7.08. The standard InChI is InChI=1S/C19H25N5O2/c1-4-5-6-10-20-19-21-13(2)11-17(24-19)18(26)23-16-9-7-8-15(12-16)22-14(3)25/h7-9,11-12H,4-6,10H2,1-3H3,(H,22,25)(H,23,26)(H,20,21,24). The number of anilines is 3. The fraction of sp³-hybridized carbons (Fsp3) is 0.368. The van der Waals surface area contributed by atoms with Crippen molar-refractivity contribution in [3.63, 3.8) is 0 Å². The summed E-state index contributed by atoms with van der Waals surface area (Å²) in [7, 11) is 0. The molecular formula is C19H25N5O2. The molecule has 0 bridgehead atoms. The second-order valence-electron chi connectivity index (χ2n) is 6.07. The van der Waals surface area contributed by atoms with Crippen molar-refractivity contribution in [1.29, 1.82) is 0 Å². The highest BCUT2D eigenvalue weighted by Crippen LogP contribution is 2.16. The van der Waals surface area contributed by atoms with Gasteiger partial charge in [0.05, 0.1) is 0 Å². The number of aromatic nitrogens is 2. The Labute approximate surface area is 153 Å². The minimum absolute atomic E-state index is 0.168. The highest BCUT2D eigenvalue weighted by atomic mass is 16.2. The van der Waals surface area contributed by atoms with Gasteiger partial charge in [0.2, 0.25) is 11.9 Å². The lowest BCUT2D eigenvalue weighted by Gasteiger charge is -2.10. The average Bonchev–Trinajstić information content (AvgIpc) is 2.58. The molecule has 0 aliphatic rings. The van der Waals surface area contributed by atoms with Crippen molar-refractivity contribution in [2.45, 2.75) is 40.0 Å². The summed E-state index contributed by atoms with van der Waals surface area (Å²) in [6, 6.07) is 8.60. The summed E-state index contributed by atoms with van der Waals surface area (Å²) in [6.45, 7) is 6.18. The van der Waals surface area contributed by atoms with Gasteiger partial charge in [-0.3, -0.25) is 9.59 Å². The lowest BCUT2D eigenvalue weighted by Crippen LogP contribution is -2.16. The third-order valence-electron chi connectivity index (χ3n) is 3.59. The molecule has 26 heavy (non-hydrogen) atoms. The zero-order valence-corrected chi connectivity index (χ0v) is 15.4. The van der Waals surface area contributed by atoms with E-state index in [2.05, 4.69) is 32.8 Å². The molecule has 3 N–H and O–H groups in total. The highest BCUT2D eigenvalue weighted by Gasteiger charge is 2.11. The van der Waals surface area contributed by atoms with Gasteiger partial charge in [0.15, 0.2) is 0 Å². The van der Waals surface area contributed by atoms with Gasteiger partial charge in [0.1, 0.15) is 5.69 Å². The second-order valence-corrected chi connectivity index (χ2v) is 6.07. The molecule has 2 aromatic rings. The van der Waals surface area contributed by atoms with E-state index in [1.54, 1.807) is 30.3 Å². The van der Waals surface area contributed by atoms with Crippen molar-refractivity contribution >= 4 is 29.1 Å². The van der Waals surface area contributed by atoms with E-state index in [1.165, 1.54) is 6.92 Å². The van der Waals surface area contributed by atoms with E-state index in [0.717, 1.165) is 31.5 Å². The van der Waals surface area contributed by atoms with Gasteiger partial charge >= 0.3 is 0 Å². The van der Waals surface area contributed by atoms with Crippen molar-refractivity contribution in [2.24, 2.45) is 0 Å². The molecule has 2 amide bonds. The van der Waals surface area contributed by atoms with E-state index >= 15 is 0 Å². The number of nitrogens with zero attached hydrogens (tertiary/aromatic N) is 2. The Hall–Kier alpha value is -2.96. The Bertz CT molecular complexity index is 776. The lowest BCUT2D eigenvalue weighted by molar-refractivity contribution is -0.114. The number of hydrogen-bond donors (Lipinski definition) is 3. The number of benzene rings is 1. The SMILES string of the molecule is CCCCCNc1nc(C)cc(C(=O)Nc2cccc(NC(C)=O)c2)n1. The number of carbonyl (C=O) groups is 2. The summed E-state index contributed by atoms with van der Waals surface area (Å²) < 4.78 is 0. The van der Waals surface area contributed by atoms with Gasteiger partial charge in [-0.2, -0.15) is 0 Å². The van der Waals surface area contributed by atoms with Crippen LogP contribution in [0.5, 0.6) is 0 Å². The molecule has 0 unspecified atom stereocenters. The summed E-state index contributed by atoms with van der Waals surface area (Å²) >= 11 is 0. The van der Waals surface area contributed by atoms with Crippen LogP contribution in [0.1, 0.15) is 49.3 Å². The highest BCUT2D eigenvalue weighted by molar-refractivity contribution is 6.03. The zero-order chi connectivity index (χ0) is 18.9. The third-order valence-corrected chi connectivity index (χ3v) is 3.59. The molecule has 0 spiro atoms. The minimum Gasteiger partial charge on any atom is -0.354 e. The maximum atomic E-state index is 12.5. The van der Waals surface area contributed by atoms with Gasteiger partial charge in [-0.1, -0.05) is 25.8 Å². The van der Waals surface area contributed by atoms with Crippen molar-refractivity contribution in [3.8, 4) is 0 Å². The first kappa shape index (κ1) is 19.4. The molecule has 138 valence electrons. The van der Waals surface area contributed by atoms with E-state index in [0.29, 0.717) is 23.0 Å². The van der Waals surface area contributed by atoms with Crippen molar-refractivity contribution < 1.29 is 9.59 Å².